The first-order chi connectivity index (χ1) is 10.6. The zero-order valence-corrected chi connectivity index (χ0v) is 15.1. The lowest BCUT2D eigenvalue weighted by atomic mass is 9.88. The summed E-state index contributed by atoms with van der Waals surface area (Å²) < 4.78 is 4.97. The van der Waals surface area contributed by atoms with Gasteiger partial charge in [-0.05, 0) is 49.4 Å². The molecule has 2 N–H and O–H groups in total. The molecule has 0 amide bonds. The van der Waals surface area contributed by atoms with Gasteiger partial charge >= 0.3 is 5.97 Å². The van der Waals surface area contributed by atoms with Crippen LogP contribution in [0.3, 0.4) is 0 Å². The molecule has 1 aliphatic carbocycles. The van der Waals surface area contributed by atoms with Gasteiger partial charge in [0, 0.05) is 11.4 Å². The number of unbranched alkanes of at least 4 members (excludes halogenated alkanes) is 1. The second-order valence-corrected chi connectivity index (χ2v) is 7.30. The van der Waals surface area contributed by atoms with Crippen molar-refractivity contribution in [2.45, 2.75) is 46.0 Å². The minimum atomic E-state index is -0.272. The molecule has 0 aromatic carbocycles. The average Bonchev–Trinajstić information content (AvgIpc) is 2.83. The minimum absolute atomic E-state index is 0.272. The van der Waals surface area contributed by atoms with Gasteiger partial charge in [0.2, 0.25) is 0 Å². The molecule has 1 aromatic rings. The van der Waals surface area contributed by atoms with Gasteiger partial charge in [-0.15, -0.1) is 11.3 Å². The Kier molecular flexibility index (Phi) is 6.20. The minimum Gasteiger partial charge on any atom is -0.465 e. The van der Waals surface area contributed by atoms with E-state index in [-0.39, 0.29) is 5.97 Å². The Morgan fingerprint density at radius 1 is 1.50 bits per heavy atom. The largest absolute Gasteiger partial charge is 0.465 e. The van der Waals surface area contributed by atoms with E-state index in [0.717, 1.165) is 49.2 Å². The number of hydrogen-bond acceptors (Lipinski definition) is 4. The van der Waals surface area contributed by atoms with Crippen LogP contribution in [0.1, 0.15) is 53.9 Å². The maximum absolute atomic E-state index is 12.2. The number of carbonyl (C=O) groups excluding carboxylic acids is 1. The Balaban J connectivity index is 2.19. The van der Waals surface area contributed by atoms with E-state index in [2.05, 4.69) is 24.5 Å². The highest BCUT2D eigenvalue weighted by molar-refractivity contribution is 7.80. The lowest BCUT2D eigenvalue weighted by molar-refractivity contribution is 0.0601. The summed E-state index contributed by atoms with van der Waals surface area (Å²) in [6.45, 7) is 5.24. The van der Waals surface area contributed by atoms with E-state index < -0.39 is 0 Å². The van der Waals surface area contributed by atoms with Crippen molar-refractivity contribution in [3.05, 3.63) is 16.0 Å². The third kappa shape index (κ3) is 3.98. The number of fused-ring (bicyclic) bond motifs is 1. The predicted molar refractivity (Wildman–Crippen MR) is 96.0 cm³/mol. The highest BCUT2D eigenvalue weighted by atomic mass is 32.1. The molecule has 1 heterocycles. The summed E-state index contributed by atoms with van der Waals surface area (Å²) in [5.74, 6) is 0.394. The molecule has 0 saturated carbocycles. The van der Waals surface area contributed by atoms with Gasteiger partial charge in [0.25, 0.3) is 0 Å². The van der Waals surface area contributed by atoms with E-state index in [1.54, 1.807) is 11.3 Å². The predicted octanol–water partition coefficient (Wildman–Crippen LogP) is 3.75. The maximum Gasteiger partial charge on any atom is 0.341 e. The summed E-state index contributed by atoms with van der Waals surface area (Å²) in [6.07, 6.45) is 5.28. The van der Waals surface area contributed by atoms with E-state index in [1.165, 1.54) is 12.0 Å². The molecule has 22 heavy (non-hydrogen) atoms. The fourth-order valence-electron chi connectivity index (χ4n) is 2.68. The van der Waals surface area contributed by atoms with Crippen LogP contribution in [0.15, 0.2) is 0 Å². The summed E-state index contributed by atoms with van der Waals surface area (Å²) in [6, 6.07) is 0. The number of anilines is 1. The molecule has 1 aromatic heterocycles. The molecule has 122 valence electrons. The first-order valence-corrected chi connectivity index (χ1v) is 9.07. The number of esters is 1. The molecule has 6 heteroatoms. The second-order valence-electron chi connectivity index (χ2n) is 5.78. The molecule has 0 spiro atoms. The number of thiophene rings is 1. The van der Waals surface area contributed by atoms with Gasteiger partial charge < -0.3 is 15.4 Å². The molecule has 0 saturated heterocycles. The topological polar surface area (TPSA) is 50.4 Å². The van der Waals surface area contributed by atoms with Crippen molar-refractivity contribution < 1.29 is 9.53 Å². The van der Waals surface area contributed by atoms with E-state index in [0.29, 0.717) is 16.6 Å². The molecule has 4 nitrogen and oxygen atoms in total. The zero-order chi connectivity index (χ0) is 16.1. The van der Waals surface area contributed by atoms with Gasteiger partial charge in [-0.2, -0.15) is 0 Å². The van der Waals surface area contributed by atoms with Crippen molar-refractivity contribution in [2.75, 3.05) is 19.0 Å². The summed E-state index contributed by atoms with van der Waals surface area (Å²) in [5, 5.41) is 7.77. The summed E-state index contributed by atoms with van der Waals surface area (Å²) in [7, 11) is 1.43. The van der Waals surface area contributed by atoms with Gasteiger partial charge in [0.15, 0.2) is 5.11 Å². The van der Waals surface area contributed by atoms with Crippen molar-refractivity contribution in [2.24, 2.45) is 5.92 Å². The normalized spacial score (nSPS) is 16.8. The number of thiocarbonyl (C=S) groups is 1. The molecule has 0 radical (unpaired) electrons. The van der Waals surface area contributed by atoms with Gasteiger partial charge in [-0.3, -0.25) is 0 Å². The van der Waals surface area contributed by atoms with Crippen LogP contribution in [-0.2, 0) is 17.6 Å². The molecule has 2 rings (SSSR count). The van der Waals surface area contributed by atoms with Crippen LogP contribution in [0.5, 0.6) is 0 Å². The van der Waals surface area contributed by atoms with Crippen LogP contribution in [-0.4, -0.2) is 24.7 Å². The van der Waals surface area contributed by atoms with E-state index >= 15 is 0 Å². The second kappa shape index (κ2) is 7.92. The molecular formula is C16H24N2O2S2. The van der Waals surface area contributed by atoms with Crippen LogP contribution in [0.2, 0.25) is 0 Å². The standard InChI is InChI=1S/C16H24N2O2S2/c1-4-5-8-17-16(21)18-14-13(15(19)20-3)11-7-6-10(2)9-12(11)22-14/h10H,4-9H2,1-3H3,(H2,17,18,21). The molecule has 0 aliphatic heterocycles. The monoisotopic (exact) mass is 340 g/mol. The van der Waals surface area contributed by atoms with Crippen molar-refractivity contribution >= 4 is 39.6 Å². The SMILES string of the molecule is CCCCNC(=S)Nc1sc2c(c1C(=O)OC)CCC(C)C2. The van der Waals surface area contributed by atoms with Gasteiger partial charge in [-0.1, -0.05) is 20.3 Å². The number of hydrogen-bond donors (Lipinski definition) is 2. The summed E-state index contributed by atoms with van der Waals surface area (Å²) >= 11 is 6.97. The van der Waals surface area contributed by atoms with Crippen molar-refractivity contribution in [3.8, 4) is 0 Å². The van der Waals surface area contributed by atoms with Crippen LogP contribution in [0, 0.1) is 5.92 Å². The van der Waals surface area contributed by atoms with Gasteiger partial charge in [0.05, 0.1) is 12.7 Å². The lowest BCUT2D eigenvalue weighted by Crippen LogP contribution is -2.29. The van der Waals surface area contributed by atoms with E-state index in [4.69, 9.17) is 17.0 Å². The number of rotatable bonds is 5. The fraction of sp³-hybridized carbons (Fsp3) is 0.625. The Morgan fingerprint density at radius 3 is 2.95 bits per heavy atom. The molecule has 1 aliphatic rings. The summed E-state index contributed by atoms with van der Waals surface area (Å²) in [5.41, 5.74) is 1.82. The van der Waals surface area contributed by atoms with E-state index in [1.807, 2.05) is 0 Å². The number of carbonyl (C=O) groups is 1. The molecule has 0 bridgehead atoms. The highest BCUT2D eigenvalue weighted by Gasteiger charge is 2.28. The quantitative estimate of drug-likeness (QED) is 0.486. The van der Waals surface area contributed by atoms with Crippen molar-refractivity contribution in [1.82, 2.24) is 5.32 Å². The highest BCUT2D eigenvalue weighted by Crippen LogP contribution is 2.39. The molecule has 1 unspecified atom stereocenters. The zero-order valence-electron chi connectivity index (χ0n) is 13.5. The first kappa shape index (κ1) is 17.2. The van der Waals surface area contributed by atoms with Crippen LogP contribution >= 0.6 is 23.6 Å². The third-order valence-corrected chi connectivity index (χ3v) is 5.36. The molecule has 1 atom stereocenters. The number of ether oxygens (including phenoxy) is 1. The number of methoxy groups -OCH3 is 1. The fourth-order valence-corrected chi connectivity index (χ4v) is 4.35. The van der Waals surface area contributed by atoms with Gasteiger partial charge in [-0.25, -0.2) is 4.79 Å². The Morgan fingerprint density at radius 2 is 2.27 bits per heavy atom. The Hall–Kier alpha value is -1.14. The Labute approximate surface area is 141 Å². The maximum atomic E-state index is 12.2. The lowest BCUT2D eigenvalue weighted by Gasteiger charge is -2.18. The third-order valence-electron chi connectivity index (χ3n) is 3.94. The summed E-state index contributed by atoms with van der Waals surface area (Å²) in [4.78, 5) is 13.5. The van der Waals surface area contributed by atoms with Crippen LogP contribution in [0.4, 0.5) is 5.00 Å². The first-order valence-electron chi connectivity index (χ1n) is 7.84. The molecule has 0 fully saturated rings. The van der Waals surface area contributed by atoms with Crippen molar-refractivity contribution in [1.29, 1.82) is 0 Å². The van der Waals surface area contributed by atoms with Crippen LogP contribution < -0.4 is 10.6 Å². The van der Waals surface area contributed by atoms with Crippen molar-refractivity contribution in [3.63, 3.8) is 0 Å². The van der Waals surface area contributed by atoms with Gasteiger partial charge in [0.1, 0.15) is 5.00 Å². The smallest absolute Gasteiger partial charge is 0.341 e. The van der Waals surface area contributed by atoms with E-state index in [9.17, 15) is 4.79 Å². The Bertz CT molecular complexity index is 555. The number of nitrogens with one attached hydrogen (secondary N) is 2. The molecular weight excluding hydrogens is 316 g/mol. The van der Waals surface area contributed by atoms with Crippen LogP contribution in [0.25, 0.3) is 0 Å². The average molecular weight is 341 g/mol.